The number of urea groups is 1. The highest BCUT2D eigenvalue weighted by Crippen LogP contribution is 2.23. The molecule has 1 fully saturated rings. The third-order valence-corrected chi connectivity index (χ3v) is 6.28. The Labute approximate surface area is 176 Å². The Kier molecular flexibility index (Phi) is 7.59. The number of nitrogens with one attached hydrogen (secondary N) is 1. The van der Waals surface area contributed by atoms with Gasteiger partial charge in [0, 0.05) is 43.6 Å². The van der Waals surface area contributed by atoms with E-state index in [1.807, 2.05) is 23.1 Å². The van der Waals surface area contributed by atoms with Crippen molar-refractivity contribution in [2.75, 3.05) is 33.3 Å². The first-order valence-corrected chi connectivity index (χ1v) is 10.9. The van der Waals surface area contributed by atoms with Crippen LogP contribution in [0.15, 0.2) is 36.4 Å². The van der Waals surface area contributed by atoms with Gasteiger partial charge in [0.15, 0.2) is 0 Å². The molecule has 152 valence electrons. The van der Waals surface area contributed by atoms with Crippen molar-refractivity contribution >= 4 is 29.0 Å². The lowest BCUT2D eigenvalue weighted by Crippen LogP contribution is -2.52. The minimum Gasteiger partial charge on any atom is -0.497 e. The van der Waals surface area contributed by atoms with Crippen LogP contribution in [-0.2, 0) is 13.0 Å². The van der Waals surface area contributed by atoms with Gasteiger partial charge in [-0.1, -0.05) is 23.7 Å². The molecule has 1 saturated heterocycles. The Bertz CT molecular complexity index is 757. The van der Waals surface area contributed by atoms with E-state index >= 15 is 0 Å². The lowest BCUT2D eigenvalue weighted by Gasteiger charge is -2.35. The number of aryl methyl sites for hydroxylation is 1. The van der Waals surface area contributed by atoms with Crippen LogP contribution in [0.1, 0.15) is 23.8 Å². The molecule has 2 aromatic rings. The second-order valence-electron chi connectivity index (χ2n) is 7.21. The number of benzene rings is 1. The number of methoxy groups -OCH3 is 1. The van der Waals surface area contributed by atoms with Crippen LogP contribution in [0.2, 0.25) is 4.34 Å². The third kappa shape index (κ3) is 6.12. The highest BCUT2D eigenvalue weighted by molar-refractivity contribution is 7.16. The number of hydrogen-bond donors (Lipinski definition) is 1. The zero-order chi connectivity index (χ0) is 19.9. The van der Waals surface area contributed by atoms with Crippen LogP contribution in [-0.4, -0.2) is 55.2 Å². The Morgan fingerprint density at radius 2 is 1.89 bits per heavy atom. The Balaban J connectivity index is 1.37. The highest BCUT2D eigenvalue weighted by atomic mass is 35.5. The second kappa shape index (κ2) is 10.1. The minimum atomic E-state index is 0.0426. The molecule has 1 aromatic carbocycles. The maximum Gasteiger partial charge on any atom is 0.317 e. The number of piperazine rings is 1. The largest absolute Gasteiger partial charge is 0.497 e. The number of rotatable bonds is 7. The minimum absolute atomic E-state index is 0.0426. The zero-order valence-electron chi connectivity index (χ0n) is 16.5. The van der Waals surface area contributed by atoms with Crippen LogP contribution in [0.5, 0.6) is 5.75 Å². The first kappa shape index (κ1) is 21.0. The summed E-state index contributed by atoms with van der Waals surface area (Å²) in [6.45, 7) is 6.28. The van der Waals surface area contributed by atoms with E-state index in [-0.39, 0.29) is 12.1 Å². The molecule has 0 bridgehead atoms. The van der Waals surface area contributed by atoms with Crippen molar-refractivity contribution in [3.63, 3.8) is 0 Å². The predicted octanol–water partition coefficient (Wildman–Crippen LogP) is 4.26. The van der Waals surface area contributed by atoms with Crippen molar-refractivity contribution in [2.45, 2.75) is 32.4 Å². The highest BCUT2D eigenvalue weighted by Gasteiger charge is 2.22. The molecule has 1 aromatic heterocycles. The van der Waals surface area contributed by atoms with Crippen LogP contribution in [0.3, 0.4) is 0 Å². The summed E-state index contributed by atoms with van der Waals surface area (Å²) in [6, 6.07) is 12.3. The van der Waals surface area contributed by atoms with Crippen LogP contribution < -0.4 is 10.1 Å². The summed E-state index contributed by atoms with van der Waals surface area (Å²) in [5.41, 5.74) is 1.25. The summed E-state index contributed by atoms with van der Waals surface area (Å²) >= 11 is 7.63. The maximum atomic E-state index is 12.5. The lowest BCUT2D eigenvalue weighted by molar-refractivity contribution is 0.134. The van der Waals surface area contributed by atoms with Gasteiger partial charge in [-0.15, -0.1) is 11.3 Å². The van der Waals surface area contributed by atoms with E-state index in [2.05, 4.69) is 35.3 Å². The zero-order valence-corrected chi connectivity index (χ0v) is 18.1. The van der Waals surface area contributed by atoms with Crippen molar-refractivity contribution in [1.29, 1.82) is 0 Å². The summed E-state index contributed by atoms with van der Waals surface area (Å²) in [5, 5.41) is 3.14. The van der Waals surface area contributed by atoms with Crippen molar-refractivity contribution in [2.24, 2.45) is 0 Å². The quantitative estimate of drug-likeness (QED) is 0.726. The van der Waals surface area contributed by atoms with Crippen LogP contribution in [0.25, 0.3) is 0 Å². The molecule has 5 nitrogen and oxygen atoms in total. The molecule has 28 heavy (non-hydrogen) atoms. The summed E-state index contributed by atoms with van der Waals surface area (Å²) in [4.78, 5) is 18.1. The molecular formula is C21H28ClN3O2S. The van der Waals surface area contributed by atoms with Gasteiger partial charge in [0.25, 0.3) is 0 Å². The summed E-state index contributed by atoms with van der Waals surface area (Å²) < 4.78 is 6.02. The molecule has 1 aliphatic heterocycles. The van der Waals surface area contributed by atoms with Crippen molar-refractivity contribution in [3.05, 3.63) is 51.2 Å². The fourth-order valence-corrected chi connectivity index (χ4v) is 4.45. The number of ether oxygens (including phenoxy) is 1. The molecule has 0 spiro atoms. The molecular weight excluding hydrogens is 394 g/mol. The Hall–Kier alpha value is -1.76. The number of hydrogen-bond acceptors (Lipinski definition) is 4. The van der Waals surface area contributed by atoms with Gasteiger partial charge in [-0.05, 0) is 49.6 Å². The molecule has 2 amide bonds. The standard InChI is InChI=1S/C21H28ClN3O2S/c1-16(3-4-17-5-7-18(27-2)8-6-17)23-21(26)25-13-11-24(12-14-25)15-19-9-10-20(22)28-19/h5-10,16H,3-4,11-15H2,1-2H3,(H,23,26). The number of carbonyl (C=O) groups excluding carboxylic acids is 1. The Morgan fingerprint density at radius 1 is 1.18 bits per heavy atom. The van der Waals surface area contributed by atoms with Crippen molar-refractivity contribution in [3.8, 4) is 5.75 Å². The summed E-state index contributed by atoms with van der Waals surface area (Å²) in [6.07, 6.45) is 1.85. The first-order valence-electron chi connectivity index (χ1n) is 9.68. The fourth-order valence-electron chi connectivity index (χ4n) is 3.32. The van der Waals surface area contributed by atoms with Gasteiger partial charge in [0.05, 0.1) is 11.4 Å². The molecule has 0 radical (unpaired) electrons. The molecule has 2 heterocycles. The maximum absolute atomic E-state index is 12.5. The molecule has 0 saturated carbocycles. The third-order valence-electron chi connectivity index (χ3n) is 5.06. The smallest absolute Gasteiger partial charge is 0.317 e. The fraction of sp³-hybridized carbons (Fsp3) is 0.476. The molecule has 0 aliphatic carbocycles. The van der Waals surface area contributed by atoms with Gasteiger partial charge in [0.2, 0.25) is 0 Å². The van der Waals surface area contributed by atoms with E-state index in [1.165, 1.54) is 10.4 Å². The average Bonchev–Trinajstić information content (AvgIpc) is 3.12. The number of nitrogens with zero attached hydrogens (tertiary/aromatic N) is 2. The topological polar surface area (TPSA) is 44.8 Å². The number of halogens is 1. The van der Waals surface area contributed by atoms with E-state index in [4.69, 9.17) is 16.3 Å². The molecule has 7 heteroatoms. The SMILES string of the molecule is COc1ccc(CCC(C)NC(=O)N2CCN(Cc3ccc(Cl)s3)CC2)cc1. The first-order chi connectivity index (χ1) is 13.5. The predicted molar refractivity (Wildman–Crippen MR) is 115 cm³/mol. The van der Waals surface area contributed by atoms with Gasteiger partial charge >= 0.3 is 6.03 Å². The van der Waals surface area contributed by atoms with Gasteiger partial charge in [-0.3, -0.25) is 4.90 Å². The summed E-state index contributed by atoms with van der Waals surface area (Å²) in [7, 11) is 1.67. The normalized spacial score (nSPS) is 16.0. The van der Waals surface area contributed by atoms with Crippen molar-refractivity contribution < 1.29 is 9.53 Å². The Morgan fingerprint density at radius 3 is 2.50 bits per heavy atom. The number of carbonyl (C=O) groups is 1. The lowest BCUT2D eigenvalue weighted by atomic mass is 10.1. The monoisotopic (exact) mass is 421 g/mol. The molecule has 3 rings (SSSR count). The van der Waals surface area contributed by atoms with E-state index in [0.29, 0.717) is 0 Å². The van der Waals surface area contributed by atoms with Crippen molar-refractivity contribution in [1.82, 2.24) is 15.1 Å². The molecule has 1 atom stereocenters. The van der Waals surface area contributed by atoms with Gasteiger partial charge in [0.1, 0.15) is 5.75 Å². The van der Waals surface area contributed by atoms with Crippen LogP contribution >= 0.6 is 22.9 Å². The number of thiophene rings is 1. The summed E-state index contributed by atoms with van der Waals surface area (Å²) in [5.74, 6) is 0.867. The van der Waals surface area contributed by atoms with Gasteiger partial charge in [-0.25, -0.2) is 4.79 Å². The van der Waals surface area contributed by atoms with Gasteiger partial charge in [-0.2, -0.15) is 0 Å². The second-order valence-corrected chi connectivity index (χ2v) is 9.01. The van der Waals surface area contributed by atoms with E-state index < -0.39 is 0 Å². The molecule has 1 N–H and O–H groups in total. The van der Waals surface area contributed by atoms with E-state index in [1.54, 1.807) is 18.4 Å². The average molecular weight is 422 g/mol. The van der Waals surface area contributed by atoms with Crippen LogP contribution in [0.4, 0.5) is 4.79 Å². The van der Waals surface area contributed by atoms with E-state index in [0.717, 1.165) is 55.7 Å². The molecule has 1 aliphatic rings. The molecule has 1 unspecified atom stereocenters. The van der Waals surface area contributed by atoms with E-state index in [9.17, 15) is 4.79 Å². The number of amides is 2. The van der Waals surface area contributed by atoms with Gasteiger partial charge < -0.3 is 15.0 Å². The van der Waals surface area contributed by atoms with Crippen LogP contribution in [0, 0.1) is 0 Å².